The third-order valence-corrected chi connectivity index (χ3v) is 2.09. The van der Waals surface area contributed by atoms with E-state index in [2.05, 4.69) is 20.8 Å². The van der Waals surface area contributed by atoms with E-state index < -0.39 is 6.04 Å². The van der Waals surface area contributed by atoms with E-state index in [9.17, 15) is 4.79 Å². The Morgan fingerprint density at radius 1 is 1.31 bits per heavy atom. The Balaban J connectivity index is 3.42. The summed E-state index contributed by atoms with van der Waals surface area (Å²) in [6.45, 7) is 7.66. The van der Waals surface area contributed by atoms with Gasteiger partial charge in [-0.15, -0.1) is 0 Å². The van der Waals surface area contributed by atoms with E-state index in [0.717, 1.165) is 12.8 Å². The van der Waals surface area contributed by atoms with Gasteiger partial charge < -0.3 is 15.2 Å². The Bertz CT molecular complexity index is 183. The Kier molecular flexibility index (Phi) is 9.24. The van der Waals surface area contributed by atoms with Crippen LogP contribution in [0.15, 0.2) is 0 Å². The number of hydrogen-bond acceptors (Lipinski definition) is 4. The van der Waals surface area contributed by atoms with Gasteiger partial charge in [-0.2, -0.15) is 0 Å². The van der Waals surface area contributed by atoms with E-state index in [1.807, 2.05) is 0 Å². The molecule has 16 heavy (non-hydrogen) atoms. The van der Waals surface area contributed by atoms with Crippen molar-refractivity contribution in [2.45, 2.75) is 46.1 Å². The lowest BCUT2D eigenvalue weighted by molar-refractivity contribution is -0.147. The van der Waals surface area contributed by atoms with Gasteiger partial charge >= 0.3 is 5.97 Å². The normalized spacial score (nSPS) is 12.8. The molecule has 1 unspecified atom stereocenters. The Morgan fingerprint density at radius 3 is 2.56 bits per heavy atom. The summed E-state index contributed by atoms with van der Waals surface area (Å²) in [6, 6.07) is -0.481. The first-order valence-corrected chi connectivity index (χ1v) is 6.07. The van der Waals surface area contributed by atoms with Crippen LogP contribution in [-0.2, 0) is 14.3 Å². The molecule has 0 heterocycles. The molecular formula is C12H25NO3. The highest BCUT2D eigenvalue weighted by molar-refractivity contribution is 5.75. The van der Waals surface area contributed by atoms with Gasteiger partial charge in [-0.3, -0.25) is 4.79 Å². The van der Waals surface area contributed by atoms with Crippen LogP contribution in [-0.4, -0.2) is 31.8 Å². The van der Waals surface area contributed by atoms with E-state index in [4.69, 9.17) is 15.2 Å². The third kappa shape index (κ3) is 8.68. The van der Waals surface area contributed by atoms with Crippen molar-refractivity contribution in [1.82, 2.24) is 0 Å². The van der Waals surface area contributed by atoms with Gasteiger partial charge in [-0.1, -0.05) is 33.6 Å². The van der Waals surface area contributed by atoms with Crippen molar-refractivity contribution in [2.24, 2.45) is 11.7 Å². The van der Waals surface area contributed by atoms with E-state index in [0.29, 0.717) is 32.2 Å². The topological polar surface area (TPSA) is 61.6 Å². The zero-order chi connectivity index (χ0) is 12.4. The summed E-state index contributed by atoms with van der Waals surface area (Å²) >= 11 is 0. The minimum Gasteiger partial charge on any atom is -0.462 e. The van der Waals surface area contributed by atoms with Crippen LogP contribution in [0.2, 0.25) is 0 Å². The van der Waals surface area contributed by atoms with Gasteiger partial charge in [0.2, 0.25) is 0 Å². The predicted molar refractivity (Wildman–Crippen MR) is 64.1 cm³/mol. The fraction of sp³-hybridized carbons (Fsp3) is 0.917. The van der Waals surface area contributed by atoms with Gasteiger partial charge in [0, 0.05) is 6.61 Å². The van der Waals surface area contributed by atoms with Crippen molar-refractivity contribution < 1.29 is 14.3 Å². The van der Waals surface area contributed by atoms with Gasteiger partial charge in [0.25, 0.3) is 0 Å². The monoisotopic (exact) mass is 231 g/mol. The van der Waals surface area contributed by atoms with Crippen LogP contribution >= 0.6 is 0 Å². The van der Waals surface area contributed by atoms with Crippen molar-refractivity contribution >= 4 is 5.97 Å². The Hall–Kier alpha value is -0.610. The van der Waals surface area contributed by atoms with Crippen LogP contribution in [0, 0.1) is 5.92 Å². The van der Waals surface area contributed by atoms with Crippen molar-refractivity contribution in [3.05, 3.63) is 0 Å². The molecule has 96 valence electrons. The van der Waals surface area contributed by atoms with Crippen LogP contribution in [0.3, 0.4) is 0 Å². The molecule has 4 heteroatoms. The third-order valence-electron chi connectivity index (χ3n) is 2.09. The quantitative estimate of drug-likeness (QED) is 0.485. The van der Waals surface area contributed by atoms with Crippen molar-refractivity contribution in [3.8, 4) is 0 Å². The summed E-state index contributed by atoms with van der Waals surface area (Å²) in [6.07, 6.45) is 2.70. The average molecular weight is 231 g/mol. The van der Waals surface area contributed by atoms with Crippen LogP contribution in [0.5, 0.6) is 0 Å². The molecule has 0 saturated carbocycles. The maximum absolute atomic E-state index is 11.3. The first kappa shape index (κ1) is 15.4. The second-order valence-corrected chi connectivity index (χ2v) is 4.38. The average Bonchev–Trinajstić information content (AvgIpc) is 2.24. The molecule has 0 radical (unpaired) electrons. The highest BCUT2D eigenvalue weighted by Gasteiger charge is 2.13. The van der Waals surface area contributed by atoms with Crippen molar-refractivity contribution in [2.75, 3.05) is 19.8 Å². The molecule has 0 aromatic carbocycles. The van der Waals surface area contributed by atoms with E-state index >= 15 is 0 Å². The maximum Gasteiger partial charge on any atom is 0.322 e. The van der Waals surface area contributed by atoms with E-state index in [1.54, 1.807) is 0 Å². The highest BCUT2D eigenvalue weighted by atomic mass is 16.6. The zero-order valence-corrected chi connectivity index (χ0v) is 10.7. The van der Waals surface area contributed by atoms with Gasteiger partial charge in [0.1, 0.15) is 12.6 Å². The summed E-state index contributed by atoms with van der Waals surface area (Å²) in [5.74, 6) is 0.184. The fourth-order valence-corrected chi connectivity index (χ4v) is 1.17. The molecule has 2 N–H and O–H groups in total. The van der Waals surface area contributed by atoms with Gasteiger partial charge in [-0.25, -0.2) is 0 Å². The molecule has 0 aliphatic rings. The largest absolute Gasteiger partial charge is 0.462 e. The number of carbonyl (C=O) groups is 1. The Morgan fingerprint density at radius 2 is 2.00 bits per heavy atom. The van der Waals surface area contributed by atoms with Crippen LogP contribution in [0.1, 0.15) is 40.0 Å². The van der Waals surface area contributed by atoms with Crippen LogP contribution in [0.4, 0.5) is 0 Å². The number of hydrogen-bond donors (Lipinski definition) is 1. The molecule has 0 aromatic rings. The SMILES string of the molecule is CCCCC(N)C(=O)OCCOCC(C)C. The molecule has 0 bridgehead atoms. The van der Waals surface area contributed by atoms with Crippen molar-refractivity contribution in [3.63, 3.8) is 0 Å². The molecule has 4 nitrogen and oxygen atoms in total. The highest BCUT2D eigenvalue weighted by Crippen LogP contribution is 2.00. The van der Waals surface area contributed by atoms with E-state index in [1.165, 1.54) is 0 Å². The van der Waals surface area contributed by atoms with Crippen LogP contribution < -0.4 is 5.73 Å². The zero-order valence-electron chi connectivity index (χ0n) is 10.7. The fourth-order valence-electron chi connectivity index (χ4n) is 1.17. The molecule has 0 amide bonds. The molecular weight excluding hydrogens is 206 g/mol. The lowest BCUT2D eigenvalue weighted by atomic mass is 10.1. The first-order valence-electron chi connectivity index (χ1n) is 6.07. The number of rotatable bonds is 9. The lowest BCUT2D eigenvalue weighted by Gasteiger charge is -2.11. The van der Waals surface area contributed by atoms with Crippen molar-refractivity contribution in [1.29, 1.82) is 0 Å². The Labute approximate surface area is 98.5 Å². The van der Waals surface area contributed by atoms with Gasteiger partial charge in [-0.05, 0) is 12.3 Å². The van der Waals surface area contributed by atoms with Crippen LogP contribution in [0.25, 0.3) is 0 Å². The predicted octanol–water partition coefficient (Wildman–Crippen LogP) is 1.72. The summed E-state index contributed by atoms with van der Waals surface area (Å²) in [7, 11) is 0. The summed E-state index contributed by atoms with van der Waals surface area (Å²) < 4.78 is 10.3. The van der Waals surface area contributed by atoms with E-state index in [-0.39, 0.29) is 5.97 Å². The molecule has 0 aromatic heterocycles. The minimum absolute atomic E-state index is 0.297. The number of ether oxygens (including phenoxy) is 2. The summed E-state index contributed by atoms with van der Waals surface area (Å²) in [5.41, 5.74) is 5.65. The minimum atomic E-state index is -0.481. The first-order chi connectivity index (χ1) is 7.57. The summed E-state index contributed by atoms with van der Waals surface area (Å²) in [4.78, 5) is 11.3. The number of esters is 1. The molecule has 1 atom stereocenters. The molecule has 0 rings (SSSR count). The molecule has 0 aliphatic heterocycles. The second-order valence-electron chi connectivity index (χ2n) is 4.38. The molecule has 0 spiro atoms. The molecule has 0 saturated heterocycles. The molecule has 0 aliphatic carbocycles. The van der Waals surface area contributed by atoms with Gasteiger partial charge in [0.15, 0.2) is 0 Å². The molecule has 0 fully saturated rings. The maximum atomic E-state index is 11.3. The lowest BCUT2D eigenvalue weighted by Crippen LogP contribution is -2.32. The number of unbranched alkanes of at least 4 members (excludes halogenated alkanes) is 1. The standard InChI is InChI=1S/C12H25NO3/c1-4-5-6-11(13)12(14)16-8-7-15-9-10(2)3/h10-11H,4-9,13H2,1-3H3. The second kappa shape index (κ2) is 9.60. The smallest absolute Gasteiger partial charge is 0.322 e. The van der Waals surface area contributed by atoms with Gasteiger partial charge in [0.05, 0.1) is 6.61 Å². The number of carbonyl (C=O) groups excluding carboxylic acids is 1. The number of nitrogens with two attached hydrogens (primary N) is 1. The summed E-state index contributed by atoms with van der Waals surface area (Å²) in [5, 5.41) is 0.